The molecule has 1 atom stereocenters. The summed E-state index contributed by atoms with van der Waals surface area (Å²) >= 11 is 0.977. The maximum Gasteiger partial charge on any atom is 0.286 e. The van der Waals surface area contributed by atoms with Gasteiger partial charge in [-0.05, 0) is 37.1 Å². The van der Waals surface area contributed by atoms with Crippen molar-refractivity contribution in [2.24, 2.45) is 0 Å². The van der Waals surface area contributed by atoms with E-state index >= 15 is 0 Å². The molecule has 2 heterocycles. The van der Waals surface area contributed by atoms with E-state index in [-0.39, 0.29) is 27.9 Å². The fourth-order valence-electron chi connectivity index (χ4n) is 3.59. The number of sulfonamides is 1. The quantitative estimate of drug-likeness (QED) is 0.538. The molecule has 0 unspecified atom stereocenters. The van der Waals surface area contributed by atoms with Crippen molar-refractivity contribution >= 4 is 33.0 Å². The van der Waals surface area contributed by atoms with Crippen LogP contribution in [0.2, 0.25) is 0 Å². The summed E-state index contributed by atoms with van der Waals surface area (Å²) in [5.74, 6) is -0.613. The summed E-state index contributed by atoms with van der Waals surface area (Å²) in [6.07, 6.45) is 1.14. The minimum Gasteiger partial charge on any atom is -0.497 e. The van der Waals surface area contributed by atoms with Gasteiger partial charge in [-0.15, -0.1) is 10.2 Å². The molecule has 1 fully saturated rings. The first kappa shape index (κ1) is 23.1. The molecule has 1 N–H and O–H groups in total. The Morgan fingerprint density at radius 1 is 1.18 bits per heavy atom. The van der Waals surface area contributed by atoms with Gasteiger partial charge in [-0.2, -0.15) is 4.31 Å². The van der Waals surface area contributed by atoms with Crippen molar-refractivity contribution in [2.45, 2.75) is 23.8 Å². The number of benzene rings is 2. The van der Waals surface area contributed by atoms with Gasteiger partial charge in [0.15, 0.2) is 0 Å². The lowest BCUT2D eigenvalue weighted by molar-refractivity contribution is 0.102. The maximum absolute atomic E-state index is 13.8. The van der Waals surface area contributed by atoms with Crippen LogP contribution in [0.15, 0.2) is 47.4 Å². The van der Waals surface area contributed by atoms with E-state index in [1.54, 1.807) is 12.1 Å². The zero-order valence-corrected chi connectivity index (χ0v) is 19.5. The van der Waals surface area contributed by atoms with Crippen molar-refractivity contribution in [3.8, 4) is 11.5 Å². The molecule has 1 aromatic heterocycles. The van der Waals surface area contributed by atoms with Crippen LogP contribution in [-0.4, -0.2) is 49.6 Å². The van der Waals surface area contributed by atoms with Gasteiger partial charge in [-0.3, -0.25) is 4.79 Å². The Balaban J connectivity index is 1.60. The fraction of sp³-hybridized carbons (Fsp3) is 0.286. The second-order valence-corrected chi connectivity index (χ2v) is 10.0. The number of ether oxygens (including phenoxy) is 2. The molecule has 0 aliphatic carbocycles. The Hall–Kier alpha value is -3.09. The fourth-order valence-corrected chi connectivity index (χ4v) is 6.37. The van der Waals surface area contributed by atoms with Gasteiger partial charge in [0, 0.05) is 12.6 Å². The molecule has 9 nitrogen and oxygen atoms in total. The number of anilines is 1. The van der Waals surface area contributed by atoms with Crippen molar-refractivity contribution in [1.82, 2.24) is 14.5 Å². The number of para-hydroxylation sites is 1. The number of carbonyl (C=O) groups excluding carboxylic acids is 1. The van der Waals surface area contributed by atoms with Gasteiger partial charge in [0.05, 0.1) is 25.9 Å². The van der Waals surface area contributed by atoms with E-state index in [1.807, 2.05) is 0 Å². The first-order valence-corrected chi connectivity index (χ1v) is 12.2. The van der Waals surface area contributed by atoms with Crippen molar-refractivity contribution < 1.29 is 27.1 Å². The minimum absolute atomic E-state index is 0.0106. The molecule has 0 radical (unpaired) electrons. The molecular weight excluding hydrogens is 471 g/mol. The van der Waals surface area contributed by atoms with E-state index in [9.17, 15) is 17.6 Å². The Morgan fingerprint density at radius 3 is 2.70 bits per heavy atom. The lowest BCUT2D eigenvalue weighted by Crippen LogP contribution is -2.31. The molecule has 0 bridgehead atoms. The molecule has 1 saturated heterocycles. The van der Waals surface area contributed by atoms with Crippen LogP contribution in [-0.2, 0) is 10.0 Å². The van der Waals surface area contributed by atoms with E-state index in [0.29, 0.717) is 23.6 Å². The van der Waals surface area contributed by atoms with E-state index < -0.39 is 27.8 Å². The Kier molecular flexibility index (Phi) is 6.58. The zero-order valence-electron chi connectivity index (χ0n) is 17.8. The van der Waals surface area contributed by atoms with E-state index in [1.165, 1.54) is 48.9 Å². The lowest BCUT2D eigenvalue weighted by atomic mass is 10.2. The van der Waals surface area contributed by atoms with Gasteiger partial charge >= 0.3 is 0 Å². The molecule has 12 heteroatoms. The third-order valence-corrected chi connectivity index (χ3v) is 8.16. The average molecular weight is 493 g/mol. The van der Waals surface area contributed by atoms with Crippen molar-refractivity contribution in [3.05, 3.63) is 58.3 Å². The van der Waals surface area contributed by atoms with Gasteiger partial charge in [-0.25, -0.2) is 12.8 Å². The lowest BCUT2D eigenvalue weighted by Gasteiger charge is -2.23. The molecule has 0 saturated carbocycles. The number of hydrogen-bond acceptors (Lipinski definition) is 8. The molecule has 2 aromatic carbocycles. The number of nitrogens with one attached hydrogen (secondary N) is 1. The number of nitrogens with zero attached hydrogens (tertiary/aromatic N) is 3. The Morgan fingerprint density at radius 2 is 1.97 bits per heavy atom. The standard InChI is InChI=1S/C21H21FN4O5S2/c1-30-13-9-10-17(31-2)18(12-13)33(28,29)26-11-5-8-16(26)20-24-25-21(32-20)19(27)23-15-7-4-3-6-14(15)22/h3-4,6-7,9-10,12,16H,5,8,11H2,1-2H3,(H,23,27)/t16-/m0/s1. The van der Waals surface area contributed by atoms with Gasteiger partial charge < -0.3 is 14.8 Å². The van der Waals surface area contributed by atoms with Gasteiger partial charge in [0.2, 0.25) is 15.0 Å². The average Bonchev–Trinajstić information content (AvgIpc) is 3.50. The number of halogens is 1. The highest BCUT2D eigenvalue weighted by molar-refractivity contribution is 7.89. The predicted molar refractivity (Wildman–Crippen MR) is 120 cm³/mol. The molecule has 33 heavy (non-hydrogen) atoms. The first-order chi connectivity index (χ1) is 15.8. The van der Waals surface area contributed by atoms with Gasteiger partial charge in [0.25, 0.3) is 5.91 Å². The van der Waals surface area contributed by atoms with Crippen LogP contribution in [0.5, 0.6) is 11.5 Å². The summed E-state index contributed by atoms with van der Waals surface area (Å²) in [5, 5.41) is 10.8. The second kappa shape index (κ2) is 9.41. The predicted octanol–water partition coefficient (Wildman–Crippen LogP) is 3.47. The molecule has 1 aliphatic heterocycles. The smallest absolute Gasteiger partial charge is 0.286 e. The number of rotatable bonds is 7. The van der Waals surface area contributed by atoms with Crippen LogP contribution in [0.1, 0.15) is 33.7 Å². The van der Waals surface area contributed by atoms with Crippen molar-refractivity contribution in [1.29, 1.82) is 0 Å². The van der Waals surface area contributed by atoms with Gasteiger partial charge in [-0.1, -0.05) is 23.5 Å². The monoisotopic (exact) mass is 492 g/mol. The highest BCUT2D eigenvalue weighted by atomic mass is 32.2. The van der Waals surface area contributed by atoms with E-state index in [2.05, 4.69) is 15.5 Å². The minimum atomic E-state index is -3.96. The van der Waals surface area contributed by atoms with Crippen LogP contribution in [0.25, 0.3) is 0 Å². The normalized spacial score (nSPS) is 16.5. The topological polar surface area (TPSA) is 111 Å². The van der Waals surface area contributed by atoms with Crippen LogP contribution in [0.3, 0.4) is 0 Å². The summed E-state index contributed by atoms with van der Waals surface area (Å²) in [5.41, 5.74) is 0.0226. The molecule has 0 spiro atoms. The number of aromatic nitrogens is 2. The number of amides is 1. The number of methoxy groups -OCH3 is 2. The zero-order chi connectivity index (χ0) is 23.6. The van der Waals surface area contributed by atoms with Crippen molar-refractivity contribution in [2.75, 3.05) is 26.1 Å². The SMILES string of the molecule is COc1ccc(OC)c(S(=O)(=O)N2CCC[C@H]2c2nnc(C(=O)Nc3ccccc3F)s2)c1. The Labute approximate surface area is 194 Å². The van der Waals surface area contributed by atoms with Gasteiger partial charge in [0.1, 0.15) is 27.2 Å². The van der Waals surface area contributed by atoms with E-state index in [4.69, 9.17) is 9.47 Å². The number of carbonyl (C=O) groups is 1. The molecule has 1 amide bonds. The summed E-state index contributed by atoms with van der Waals surface area (Å²) in [6, 6.07) is 9.75. The van der Waals surface area contributed by atoms with Crippen LogP contribution >= 0.6 is 11.3 Å². The summed E-state index contributed by atoms with van der Waals surface area (Å²) < 4.78 is 52.6. The first-order valence-electron chi connectivity index (χ1n) is 9.98. The molecule has 3 aromatic rings. The third-order valence-electron chi connectivity index (χ3n) is 5.20. The number of hydrogen-bond donors (Lipinski definition) is 1. The summed E-state index contributed by atoms with van der Waals surface area (Å²) in [7, 11) is -1.11. The highest BCUT2D eigenvalue weighted by Gasteiger charge is 2.40. The third kappa shape index (κ3) is 4.54. The van der Waals surface area contributed by atoms with Crippen LogP contribution in [0, 0.1) is 5.82 Å². The van der Waals surface area contributed by atoms with Crippen LogP contribution in [0.4, 0.5) is 10.1 Å². The highest BCUT2D eigenvalue weighted by Crippen LogP contribution is 2.40. The molecular formula is C21H21FN4O5S2. The largest absolute Gasteiger partial charge is 0.497 e. The van der Waals surface area contributed by atoms with Crippen molar-refractivity contribution in [3.63, 3.8) is 0 Å². The van der Waals surface area contributed by atoms with Crippen LogP contribution < -0.4 is 14.8 Å². The Bertz CT molecular complexity index is 1280. The summed E-state index contributed by atoms with van der Waals surface area (Å²) in [4.78, 5) is 12.5. The van der Waals surface area contributed by atoms with E-state index in [0.717, 1.165) is 11.3 Å². The maximum atomic E-state index is 13.8. The second-order valence-electron chi connectivity index (χ2n) is 7.17. The summed E-state index contributed by atoms with van der Waals surface area (Å²) in [6.45, 7) is 0.281. The molecule has 4 rings (SSSR count). The molecule has 1 aliphatic rings. The molecule has 174 valence electrons.